The Balaban J connectivity index is 2.02. The van der Waals surface area contributed by atoms with Gasteiger partial charge >= 0.3 is 0 Å². The molecule has 1 amide bonds. The fraction of sp³-hybridized carbons (Fsp3) is 0.389. The molecule has 23 heavy (non-hydrogen) atoms. The number of nitrogens with zero attached hydrogens (tertiary/aromatic N) is 1. The number of amides is 1. The van der Waals surface area contributed by atoms with E-state index in [0.717, 1.165) is 24.2 Å². The first-order valence-corrected chi connectivity index (χ1v) is 7.74. The molecule has 0 aromatic heterocycles. The summed E-state index contributed by atoms with van der Waals surface area (Å²) >= 11 is 0. The molecule has 1 aliphatic rings. The molecule has 1 aromatic carbocycles. The number of hydrogen-bond acceptors (Lipinski definition) is 4. The highest BCUT2D eigenvalue weighted by Gasteiger charge is 2.23. The Morgan fingerprint density at radius 2 is 2.13 bits per heavy atom. The van der Waals surface area contributed by atoms with Crippen LogP contribution in [0.5, 0.6) is 5.75 Å². The molecule has 2 rings (SSSR count). The van der Waals surface area contributed by atoms with Crippen LogP contribution < -0.4 is 10.1 Å². The Bertz CT molecular complexity index is 640. The SMILES string of the molecule is CNC(=O)[C@H](C#N)C(=O)/C=C/c1cccc(OC2CCCC2)c1. The smallest absolute Gasteiger partial charge is 0.245 e. The van der Waals surface area contributed by atoms with Crippen molar-refractivity contribution in [2.24, 2.45) is 5.92 Å². The highest BCUT2D eigenvalue weighted by molar-refractivity contribution is 6.10. The maximum Gasteiger partial charge on any atom is 0.245 e. The van der Waals surface area contributed by atoms with Crippen LogP contribution in [-0.2, 0) is 9.59 Å². The number of carbonyl (C=O) groups excluding carboxylic acids is 2. The van der Waals surface area contributed by atoms with Gasteiger partial charge in [-0.25, -0.2) is 0 Å². The molecular formula is C18H20N2O3. The number of hydrogen-bond donors (Lipinski definition) is 1. The van der Waals surface area contributed by atoms with Crippen LogP contribution in [0.1, 0.15) is 31.2 Å². The normalized spacial score (nSPS) is 16.0. The number of benzene rings is 1. The van der Waals surface area contributed by atoms with Gasteiger partial charge < -0.3 is 10.1 Å². The van der Waals surface area contributed by atoms with Gasteiger partial charge in [0, 0.05) is 7.05 Å². The Morgan fingerprint density at radius 1 is 1.39 bits per heavy atom. The largest absolute Gasteiger partial charge is 0.490 e. The van der Waals surface area contributed by atoms with E-state index in [1.807, 2.05) is 24.3 Å². The van der Waals surface area contributed by atoms with Gasteiger partial charge in [-0.15, -0.1) is 0 Å². The molecule has 0 bridgehead atoms. The summed E-state index contributed by atoms with van der Waals surface area (Å²) in [6.45, 7) is 0. The van der Waals surface area contributed by atoms with E-state index in [1.165, 1.54) is 26.0 Å². The van der Waals surface area contributed by atoms with E-state index in [9.17, 15) is 9.59 Å². The average Bonchev–Trinajstić information content (AvgIpc) is 3.06. The minimum Gasteiger partial charge on any atom is -0.490 e. The lowest BCUT2D eigenvalue weighted by atomic mass is 10.0. The van der Waals surface area contributed by atoms with Gasteiger partial charge in [-0.05, 0) is 49.5 Å². The van der Waals surface area contributed by atoms with Gasteiger partial charge in [0.25, 0.3) is 0 Å². The first-order valence-electron chi connectivity index (χ1n) is 7.74. The fourth-order valence-corrected chi connectivity index (χ4v) is 2.56. The maximum atomic E-state index is 11.9. The summed E-state index contributed by atoms with van der Waals surface area (Å²) in [6, 6.07) is 9.15. The van der Waals surface area contributed by atoms with Crippen molar-refractivity contribution in [2.45, 2.75) is 31.8 Å². The number of ether oxygens (including phenoxy) is 1. The highest BCUT2D eigenvalue weighted by Crippen LogP contribution is 2.24. The van der Waals surface area contributed by atoms with E-state index in [4.69, 9.17) is 10.00 Å². The summed E-state index contributed by atoms with van der Waals surface area (Å²) in [5.41, 5.74) is 0.794. The molecular weight excluding hydrogens is 292 g/mol. The van der Waals surface area contributed by atoms with E-state index in [-0.39, 0.29) is 6.10 Å². The van der Waals surface area contributed by atoms with Gasteiger partial charge in [0.2, 0.25) is 5.91 Å². The number of nitriles is 1. The summed E-state index contributed by atoms with van der Waals surface area (Å²) in [5, 5.41) is 11.2. The van der Waals surface area contributed by atoms with Crippen LogP contribution >= 0.6 is 0 Å². The van der Waals surface area contributed by atoms with Crippen LogP contribution in [0.4, 0.5) is 0 Å². The van der Waals surface area contributed by atoms with Crippen molar-refractivity contribution in [2.75, 3.05) is 7.05 Å². The molecule has 0 unspecified atom stereocenters. The number of rotatable bonds is 6. The predicted molar refractivity (Wildman–Crippen MR) is 86.5 cm³/mol. The Hall–Kier alpha value is -2.61. The molecule has 1 atom stereocenters. The molecule has 0 saturated heterocycles. The van der Waals surface area contributed by atoms with E-state index in [2.05, 4.69) is 5.32 Å². The fourth-order valence-electron chi connectivity index (χ4n) is 2.56. The van der Waals surface area contributed by atoms with Crippen LogP contribution in [0.25, 0.3) is 6.08 Å². The quantitative estimate of drug-likeness (QED) is 0.646. The monoisotopic (exact) mass is 312 g/mol. The van der Waals surface area contributed by atoms with E-state index >= 15 is 0 Å². The van der Waals surface area contributed by atoms with Crippen LogP contribution in [0.15, 0.2) is 30.3 Å². The second-order valence-corrected chi connectivity index (χ2v) is 5.51. The standard InChI is InChI=1S/C18H20N2O3/c1-20-18(22)16(12-19)17(21)10-9-13-5-4-8-15(11-13)23-14-6-2-3-7-14/h4-5,8-11,14,16H,2-3,6-7H2,1H3,(H,20,22)/b10-9+/t16-/m1/s1. The molecule has 0 spiro atoms. The number of carbonyl (C=O) groups is 2. The second-order valence-electron chi connectivity index (χ2n) is 5.51. The third-order valence-electron chi connectivity index (χ3n) is 3.83. The van der Waals surface area contributed by atoms with Crippen molar-refractivity contribution in [1.29, 1.82) is 5.26 Å². The molecule has 0 radical (unpaired) electrons. The van der Waals surface area contributed by atoms with Crippen LogP contribution in [0.3, 0.4) is 0 Å². The molecule has 5 nitrogen and oxygen atoms in total. The summed E-state index contributed by atoms with van der Waals surface area (Å²) in [7, 11) is 1.40. The molecule has 5 heteroatoms. The molecule has 120 valence electrons. The third-order valence-corrected chi connectivity index (χ3v) is 3.83. The van der Waals surface area contributed by atoms with Gasteiger partial charge in [-0.1, -0.05) is 18.2 Å². The summed E-state index contributed by atoms with van der Waals surface area (Å²) in [6.07, 6.45) is 7.69. The number of allylic oxidation sites excluding steroid dienone is 1. The van der Waals surface area contributed by atoms with Crippen LogP contribution in [-0.4, -0.2) is 24.8 Å². The molecule has 1 fully saturated rings. The predicted octanol–water partition coefficient (Wildman–Crippen LogP) is 2.48. The zero-order valence-corrected chi connectivity index (χ0v) is 13.1. The minimum absolute atomic E-state index is 0.270. The van der Waals surface area contributed by atoms with Crippen LogP contribution in [0.2, 0.25) is 0 Å². The van der Waals surface area contributed by atoms with Crippen molar-refractivity contribution in [1.82, 2.24) is 5.32 Å². The topological polar surface area (TPSA) is 79.2 Å². The zero-order chi connectivity index (χ0) is 16.7. The van der Waals surface area contributed by atoms with Crippen molar-refractivity contribution in [3.05, 3.63) is 35.9 Å². The minimum atomic E-state index is -1.31. The molecule has 1 aliphatic carbocycles. The van der Waals surface area contributed by atoms with Crippen molar-refractivity contribution in [3.63, 3.8) is 0 Å². The lowest BCUT2D eigenvalue weighted by Gasteiger charge is -2.13. The van der Waals surface area contributed by atoms with Gasteiger partial charge in [0.05, 0.1) is 12.2 Å². The maximum absolute atomic E-state index is 11.9. The molecule has 1 N–H and O–H groups in total. The molecule has 0 heterocycles. The van der Waals surface area contributed by atoms with Crippen molar-refractivity contribution in [3.8, 4) is 11.8 Å². The highest BCUT2D eigenvalue weighted by atomic mass is 16.5. The summed E-state index contributed by atoms with van der Waals surface area (Å²) < 4.78 is 5.91. The molecule has 1 saturated carbocycles. The Kier molecular flexibility index (Phi) is 5.93. The van der Waals surface area contributed by atoms with Crippen molar-refractivity contribution < 1.29 is 14.3 Å². The zero-order valence-electron chi connectivity index (χ0n) is 13.1. The first-order chi connectivity index (χ1) is 11.1. The summed E-state index contributed by atoms with van der Waals surface area (Å²) in [5.74, 6) is -1.67. The van der Waals surface area contributed by atoms with E-state index < -0.39 is 17.6 Å². The summed E-state index contributed by atoms with van der Waals surface area (Å²) in [4.78, 5) is 23.3. The van der Waals surface area contributed by atoms with Gasteiger partial charge in [0.15, 0.2) is 11.7 Å². The lowest BCUT2D eigenvalue weighted by Crippen LogP contribution is -2.31. The Labute approximate surface area is 135 Å². The number of ketones is 1. The second kappa shape index (κ2) is 8.14. The third kappa shape index (κ3) is 4.68. The van der Waals surface area contributed by atoms with E-state index in [0.29, 0.717) is 0 Å². The average molecular weight is 312 g/mol. The van der Waals surface area contributed by atoms with Crippen molar-refractivity contribution >= 4 is 17.8 Å². The molecule has 0 aliphatic heterocycles. The van der Waals surface area contributed by atoms with E-state index in [1.54, 1.807) is 12.1 Å². The molecule has 1 aromatic rings. The number of nitrogens with one attached hydrogen (secondary N) is 1. The van der Waals surface area contributed by atoms with Gasteiger partial charge in [-0.2, -0.15) is 5.26 Å². The van der Waals surface area contributed by atoms with Gasteiger partial charge in [0.1, 0.15) is 5.75 Å². The Morgan fingerprint density at radius 3 is 2.78 bits per heavy atom. The van der Waals surface area contributed by atoms with Gasteiger partial charge in [-0.3, -0.25) is 9.59 Å². The van der Waals surface area contributed by atoms with Crippen LogP contribution in [0, 0.1) is 17.2 Å². The first kappa shape index (κ1) is 16.8. The lowest BCUT2D eigenvalue weighted by molar-refractivity contribution is -0.129.